The topological polar surface area (TPSA) is 77.0 Å². The van der Waals surface area contributed by atoms with E-state index in [1.54, 1.807) is 0 Å². The molecule has 0 aliphatic rings. The van der Waals surface area contributed by atoms with Crippen molar-refractivity contribution >= 4 is 34.8 Å². The summed E-state index contributed by atoms with van der Waals surface area (Å²) in [6, 6.07) is 17.6. The lowest BCUT2D eigenvalue weighted by molar-refractivity contribution is 0.466. The molecule has 5 nitrogen and oxygen atoms in total. The number of nitrogens with zero attached hydrogens (tertiary/aromatic N) is 2. The van der Waals surface area contributed by atoms with E-state index < -0.39 is 0 Å². The van der Waals surface area contributed by atoms with E-state index in [0.717, 1.165) is 17.0 Å². The van der Waals surface area contributed by atoms with E-state index in [1.165, 1.54) is 17.3 Å². The quantitative estimate of drug-likeness (QED) is 0.541. The standard InChI is InChI=1S/C16H14N4OS2/c17-15(22)18-13-8-4-7-12(9-13)14-19-20-16(21-14)23-10-11-5-2-1-3-6-11/h1-9H,10H2,(H3,17,18,22). The van der Waals surface area contributed by atoms with Gasteiger partial charge < -0.3 is 15.5 Å². The van der Waals surface area contributed by atoms with Gasteiger partial charge in [0.25, 0.3) is 5.22 Å². The average molecular weight is 342 g/mol. The molecule has 0 aliphatic carbocycles. The second-order valence-electron chi connectivity index (χ2n) is 4.72. The predicted octanol–water partition coefficient (Wildman–Crippen LogP) is 3.68. The van der Waals surface area contributed by atoms with Crippen molar-refractivity contribution in [3.63, 3.8) is 0 Å². The second-order valence-corrected chi connectivity index (χ2v) is 6.08. The Morgan fingerprint density at radius 3 is 2.74 bits per heavy atom. The van der Waals surface area contributed by atoms with Gasteiger partial charge in [-0.1, -0.05) is 48.2 Å². The molecule has 0 spiro atoms. The summed E-state index contributed by atoms with van der Waals surface area (Å²) < 4.78 is 5.70. The van der Waals surface area contributed by atoms with Crippen molar-refractivity contribution in [2.75, 3.05) is 5.32 Å². The molecule has 7 heteroatoms. The van der Waals surface area contributed by atoms with Crippen LogP contribution in [0.1, 0.15) is 5.56 Å². The van der Waals surface area contributed by atoms with Crippen LogP contribution < -0.4 is 11.1 Å². The van der Waals surface area contributed by atoms with Crippen LogP contribution in [0.25, 0.3) is 11.5 Å². The molecule has 0 amide bonds. The van der Waals surface area contributed by atoms with Gasteiger partial charge in [-0.15, -0.1) is 10.2 Å². The highest BCUT2D eigenvalue weighted by atomic mass is 32.2. The van der Waals surface area contributed by atoms with Gasteiger partial charge in [0.2, 0.25) is 5.89 Å². The number of nitrogens with one attached hydrogen (secondary N) is 1. The van der Waals surface area contributed by atoms with E-state index in [-0.39, 0.29) is 5.11 Å². The van der Waals surface area contributed by atoms with Gasteiger partial charge in [-0.3, -0.25) is 0 Å². The number of benzene rings is 2. The molecule has 116 valence electrons. The SMILES string of the molecule is NC(=S)Nc1cccc(-c2nnc(SCc3ccccc3)o2)c1. The fourth-order valence-electron chi connectivity index (χ4n) is 1.98. The Labute approximate surface area is 143 Å². The van der Waals surface area contributed by atoms with Gasteiger partial charge in [0.1, 0.15) is 0 Å². The fourth-order valence-corrected chi connectivity index (χ4v) is 2.81. The van der Waals surface area contributed by atoms with Crippen LogP contribution in [0.5, 0.6) is 0 Å². The minimum absolute atomic E-state index is 0.215. The molecule has 0 atom stereocenters. The zero-order chi connectivity index (χ0) is 16.1. The molecule has 23 heavy (non-hydrogen) atoms. The van der Waals surface area contributed by atoms with Gasteiger partial charge in [-0.05, 0) is 36.0 Å². The van der Waals surface area contributed by atoms with Crippen molar-refractivity contribution < 1.29 is 4.42 Å². The molecular formula is C16H14N4OS2. The summed E-state index contributed by atoms with van der Waals surface area (Å²) in [6.45, 7) is 0. The third-order valence-corrected chi connectivity index (χ3v) is 3.98. The predicted molar refractivity (Wildman–Crippen MR) is 96.1 cm³/mol. The maximum atomic E-state index is 5.70. The van der Waals surface area contributed by atoms with Gasteiger partial charge in [-0.2, -0.15) is 0 Å². The number of nitrogens with two attached hydrogens (primary N) is 1. The van der Waals surface area contributed by atoms with Gasteiger partial charge >= 0.3 is 0 Å². The lowest BCUT2D eigenvalue weighted by atomic mass is 10.2. The molecule has 0 saturated heterocycles. The molecule has 3 rings (SSSR count). The van der Waals surface area contributed by atoms with Gasteiger partial charge in [-0.25, -0.2) is 0 Å². The zero-order valence-corrected chi connectivity index (χ0v) is 13.7. The monoisotopic (exact) mass is 342 g/mol. The molecule has 3 aromatic rings. The average Bonchev–Trinajstić information content (AvgIpc) is 3.03. The zero-order valence-electron chi connectivity index (χ0n) is 12.1. The number of thiocarbonyl (C=S) groups is 1. The summed E-state index contributed by atoms with van der Waals surface area (Å²) >= 11 is 6.34. The molecule has 1 aromatic heterocycles. The summed E-state index contributed by atoms with van der Waals surface area (Å²) in [5.74, 6) is 1.25. The molecule has 0 unspecified atom stereocenters. The van der Waals surface area contributed by atoms with Gasteiger partial charge in [0.05, 0.1) is 0 Å². The van der Waals surface area contributed by atoms with Crippen LogP contribution in [0.4, 0.5) is 5.69 Å². The highest BCUT2D eigenvalue weighted by Crippen LogP contribution is 2.26. The van der Waals surface area contributed by atoms with Crippen LogP contribution in [0.3, 0.4) is 0 Å². The third kappa shape index (κ3) is 4.30. The van der Waals surface area contributed by atoms with Crippen molar-refractivity contribution in [2.45, 2.75) is 11.0 Å². The van der Waals surface area contributed by atoms with Crippen LogP contribution in [0, 0.1) is 0 Å². The molecule has 1 heterocycles. The minimum atomic E-state index is 0.215. The van der Waals surface area contributed by atoms with E-state index >= 15 is 0 Å². The van der Waals surface area contributed by atoms with E-state index in [1.807, 2.05) is 42.5 Å². The number of anilines is 1. The number of rotatable bonds is 5. The highest BCUT2D eigenvalue weighted by molar-refractivity contribution is 7.98. The van der Waals surface area contributed by atoms with E-state index in [9.17, 15) is 0 Å². The minimum Gasteiger partial charge on any atom is -0.411 e. The first-order valence-electron chi connectivity index (χ1n) is 6.88. The highest BCUT2D eigenvalue weighted by Gasteiger charge is 2.10. The molecule has 0 saturated carbocycles. The van der Waals surface area contributed by atoms with Crippen molar-refractivity contribution in [1.82, 2.24) is 10.2 Å². The third-order valence-electron chi connectivity index (χ3n) is 2.99. The van der Waals surface area contributed by atoms with E-state index in [0.29, 0.717) is 11.1 Å². The van der Waals surface area contributed by atoms with Gasteiger partial charge in [0.15, 0.2) is 5.11 Å². The first kappa shape index (κ1) is 15.5. The van der Waals surface area contributed by atoms with Gasteiger partial charge in [0, 0.05) is 17.0 Å². The molecule has 3 N–H and O–H groups in total. The van der Waals surface area contributed by atoms with E-state index in [2.05, 4.69) is 27.6 Å². The van der Waals surface area contributed by atoms with Crippen LogP contribution in [-0.4, -0.2) is 15.3 Å². The molecule has 0 bridgehead atoms. The Balaban J connectivity index is 1.70. The van der Waals surface area contributed by atoms with Crippen molar-refractivity contribution in [3.8, 4) is 11.5 Å². The van der Waals surface area contributed by atoms with Crippen LogP contribution in [-0.2, 0) is 5.75 Å². The molecule has 0 fully saturated rings. The normalized spacial score (nSPS) is 10.4. The smallest absolute Gasteiger partial charge is 0.277 e. The van der Waals surface area contributed by atoms with Crippen molar-refractivity contribution in [1.29, 1.82) is 0 Å². The Morgan fingerprint density at radius 1 is 1.13 bits per heavy atom. The second kappa shape index (κ2) is 7.26. The first-order chi connectivity index (χ1) is 11.2. The molecule has 0 radical (unpaired) electrons. The summed E-state index contributed by atoms with van der Waals surface area (Å²) in [5.41, 5.74) is 8.28. The Kier molecular flexibility index (Phi) is 4.89. The Hall–Kier alpha value is -2.38. The Bertz CT molecular complexity index is 805. The number of aromatic nitrogens is 2. The lowest BCUT2D eigenvalue weighted by Crippen LogP contribution is -2.18. The van der Waals surface area contributed by atoms with Crippen molar-refractivity contribution in [3.05, 3.63) is 60.2 Å². The molecule has 0 aliphatic heterocycles. The van der Waals surface area contributed by atoms with Crippen molar-refractivity contribution in [2.24, 2.45) is 5.73 Å². The van der Waals surface area contributed by atoms with Crippen LogP contribution in [0.2, 0.25) is 0 Å². The first-order valence-corrected chi connectivity index (χ1v) is 8.27. The lowest BCUT2D eigenvalue weighted by Gasteiger charge is -2.04. The maximum absolute atomic E-state index is 5.70. The summed E-state index contributed by atoms with van der Waals surface area (Å²) in [6.07, 6.45) is 0. The van der Waals surface area contributed by atoms with Crippen LogP contribution >= 0.6 is 24.0 Å². The van der Waals surface area contributed by atoms with Crippen LogP contribution in [0.15, 0.2) is 64.2 Å². The number of hydrogen-bond donors (Lipinski definition) is 2. The molecular weight excluding hydrogens is 328 g/mol. The fraction of sp³-hybridized carbons (Fsp3) is 0.0625. The molecule has 2 aromatic carbocycles. The maximum Gasteiger partial charge on any atom is 0.277 e. The summed E-state index contributed by atoms with van der Waals surface area (Å²) in [4.78, 5) is 0. The van der Waals surface area contributed by atoms with E-state index in [4.69, 9.17) is 22.4 Å². The summed E-state index contributed by atoms with van der Waals surface area (Å²) in [7, 11) is 0. The Morgan fingerprint density at radius 2 is 1.96 bits per heavy atom. The number of thioether (sulfide) groups is 1. The summed E-state index contributed by atoms with van der Waals surface area (Å²) in [5, 5.41) is 11.8. The number of hydrogen-bond acceptors (Lipinski definition) is 5. The largest absolute Gasteiger partial charge is 0.411 e.